The lowest BCUT2D eigenvalue weighted by atomic mass is 10.1. The predicted molar refractivity (Wildman–Crippen MR) is 156 cm³/mol. The highest BCUT2D eigenvalue weighted by atomic mass is 16.5. The Labute approximate surface area is 243 Å². The van der Waals surface area contributed by atoms with E-state index in [1.165, 1.54) is 12.1 Å². The summed E-state index contributed by atoms with van der Waals surface area (Å²) in [7, 11) is 2.01. The molecule has 0 aliphatic carbocycles. The molecule has 0 saturated carbocycles. The fourth-order valence-electron chi connectivity index (χ4n) is 5.23. The van der Waals surface area contributed by atoms with Crippen LogP contribution in [0.25, 0.3) is 10.8 Å². The Kier molecular flexibility index (Phi) is 8.80. The summed E-state index contributed by atoms with van der Waals surface area (Å²) >= 11 is 0. The van der Waals surface area contributed by atoms with E-state index < -0.39 is 5.91 Å². The second kappa shape index (κ2) is 12.8. The van der Waals surface area contributed by atoms with Crippen molar-refractivity contribution in [2.75, 3.05) is 63.2 Å². The first kappa shape index (κ1) is 28.8. The molecule has 218 valence electrons. The fraction of sp³-hybridized carbons (Fsp3) is 0.367. The van der Waals surface area contributed by atoms with Gasteiger partial charge in [-0.1, -0.05) is 30.8 Å². The second-order valence-corrected chi connectivity index (χ2v) is 10.3. The van der Waals surface area contributed by atoms with Crippen molar-refractivity contribution in [3.8, 4) is 17.8 Å². The van der Waals surface area contributed by atoms with Crippen LogP contribution in [-0.2, 0) is 9.53 Å². The monoisotopic (exact) mass is 571 g/mol. The van der Waals surface area contributed by atoms with Crippen molar-refractivity contribution in [1.29, 1.82) is 5.26 Å². The molecule has 2 fully saturated rings. The number of hydrogen-bond donors (Lipinski definition) is 2. The van der Waals surface area contributed by atoms with Crippen molar-refractivity contribution in [2.45, 2.75) is 18.6 Å². The number of anilines is 2. The number of piperazine rings is 1. The van der Waals surface area contributed by atoms with Crippen LogP contribution in [0.1, 0.15) is 16.9 Å². The van der Waals surface area contributed by atoms with Crippen molar-refractivity contribution in [1.82, 2.24) is 19.8 Å². The van der Waals surface area contributed by atoms with E-state index in [2.05, 4.69) is 32.8 Å². The van der Waals surface area contributed by atoms with Crippen LogP contribution in [0.5, 0.6) is 11.8 Å². The summed E-state index contributed by atoms with van der Waals surface area (Å²) in [5.74, 6) is -0.301. The maximum Gasteiger partial charge on any atom is 0.319 e. The van der Waals surface area contributed by atoms with Gasteiger partial charge < -0.3 is 34.6 Å². The number of ether oxygens (including phenoxy) is 2. The lowest BCUT2D eigenvalue weighted by Crippen LogP contribution is -2.55. The van der Waals surface area contributed by atoms with Gasteiger partial charge >= 0.3 is 6.01 Å². The molecule has 2 saturated heterocycles. The molecular weight excluding hydrogens is 538 g/mol. The number of nitrogens with zero attached hydrogens (tertiary/aromatic N) is 6. The number of carbonyl (C=O) groups excluding carboxylic acids is 2. The Morgan fingerprint density at radius 3 is 2.83 bits per heavy atom. The quantitative estimate of drug-likeness (QED) is 0.387. The summed E-state index contributed by atoms with van der Waals surface area (Å²) in [5.41, 5.74) is 0.494. The van der Waals surface area contributed by atoms with Crippen molar-refractivity contribution in [3.05, 3.63) is 60.8 Å². The molecule has 12 nitrogen and oxygen atoms in total. The van der Waals surface area contributed by atoms with Crippen LogP contribution >= 0.6 is 0 Å². The number of rotatable bonds is 8. The lowest BCUT2D eigenvalue weighted by Gasteiger charge is -2.40. The predicted octanol–water partition coefficient (Wildman–Crippen LogP) is 2.41. The van der Waals surface area contributed by atoms with Crippen LogP contribution in [0.2, 0.25) is 0 Å². The number of amides is 2. The Bertz CT molecular complexity index is 1520. The average molecular weight is 572 g/mol. The molecule has 0 bridgehead atoms. The Hall–Kier alpha value is -4.73. The molecule has 0 unspecified atom stereocenters. The Morgan fingerprint density at radius 1 is 1.21 bits per heavy atom. The van der Waals surface area contributed by atoms with Crippen molar-refractivity contribution < 1.29 is 24.2 Å². The third-order valence-corrected chi connectivity index (χ3v) is 7.35. The van der Waals surface area contributed by atoms with Gasteiger partial charge in [-0.25, -0.2) is 0 Å². The molecule has 1 aromatic heterocycles. The zero-order valence-corrected chi connectivity index (χ0v) is 23.4. The number of likely N-dealkylation sites (N-methyl/N-ethyl adjacent to an activating group) is 1. The number of phenols is 1. The number of hydrogen-bond acceptors (Lipinski definition) is 10. The summed E-state index contributed by atoms with van der Waals surface area (Å²) in [5, 5.41) is 24.0. The van der Waals surface area contributed by atoms with Gasteiger partial charge in [0.2, 0.25) is 5.91 Å². The maximum atomic E-state index is 13.6. The van der Waals surface area contributed by atoms with E-state index in [1.54, 1.807) is 17.0 Å². The largest absolute Gasteiger partial charge is 0.508 e. The molecule has 42 heavy (non-hydrogen) atoms. The third-order valence-electron chi connectivity index (χ3n) is 7.35. The number of aromatic hydroxyl groups is 1. The molecule has 12 heteroatoms. The molecule has 2 aliphatic rings. The minimum atomic E-state index is -0.512. The molecule has 2 aromatic carbocycles. The average Bonchev–Trinajstić information content (AvgIpc) is 2.99. The zero-order chi connectivity index (χ0) is 29.6. The highest BCUT2D eigenvalue weighted by Crippen LogP contribution is 2.29. The minimum absolute atomic E-state index is 0.0108. The number of phenolic OH excluding ortho intramolecular Hbond substituents is 1. The highest BCUT2D eigenvalue weighted by molar-refractivity contribution is 6.09. The highest BCUT2D eigenvalue weighted by Gasteiger charge is 2.31. The van der Waals surface area contributed by atoms with Gasteiger partial charge in [-0.05, 0) is 24.6 Å². The number of aromatic nitrogens is 2. The second-order valence-electron chi connectivity index (χ2n) is 10.3. The van der Waals surface area contributed by atoms with E-state index in [0.29, 0.717) is 44.3 Å². The smallest absolute Gasteiger partial charge is 0.319 e. The van der Waals surface area contributed by atoms with Crippen LogP contribution in [-0.4, -0.2) is 102 Å². The van der Waals surface area contributed by atoms with Crippen LogP contribution < -0.4 is 15.0 Å². The molecule has 2 N–H and O–H groups in total. The third kappa shape index (κ3) is 6.59. The zero-order valence-electron chi connectivity index (χ0n) is 23.4. The van der Waals surface area contributed by atoms with Gasteiger partial charge in [0.25, 0.3) is 5.91 Å². The number of nitrogens with one attached hydrogen (secondary N) is 1. The van der Waals surface area contributed by atoms with Crippen LogP contribution in [0.3, 0.4) is 0 Å². The molecule has 0 spiro atoms. The topological polar surface area (TPSA) is 144 Å². The molecule has 5 rings (SSSR count). The lowest BCUT2D eigenvalue weighted by molar-refractivity contribution is -0.128. The first-order valence-electron chi connectivity index (χ1n) is 13.7. The van der Waals surface area contributed by atoms with Gasteiger partial charge in [0, 0.05) is 50.2 Å². The van der Waals surface area contributed by atoms with Crippen LogP contribution in [0, 0.1) is 11.3 Å². The molecule has 0 radical (unpaired) electrons. The van der Waals surface area contributed by atoms with E-state index in [1.807, 2.05) is 36.2 Å². The summed E-state index contributed by atoms with van der Waals surface area (Å²) in [4.78, 5) is 40.6. The van der Waals surface area contributed by atoms with Gasteiger partial charge in [0.05, 0.1) is 30.8 Å². The van der Waals surface area contributed by atoms with Crippen molar-refractivity contribution >= 4 is 34.1 Å². The van der Waals surface area contributed by atoms with Crippen molar-refractivity contribution in [3.63, 3.8) is 0 Å². The van der Waals surface area contributed by atoms with E-state index in [0.717, 1.165) is 17.3 Å². The number of nitriles is 1. The Morgan fingerprint density at radius 2 is 2.05 bits per heavy atom. The van der Waals surface area contributed by atoms with Crippen LogP contribution in [0.4, 0.5) is 11.5 Å². The standard InChI is InChI=1S/C30H33N7O5/c1-3-28(39)37-11-10-36(17-21(37)8-9-31)27-16-26(33-30(34-27)42-19-23-18-35(2)12-13-41-23)29(40)32-25-15-22(38)14-20-6-4-5-7-24(20)25/h3-7,14-16,21,23,38H,1,8,10-13,17-19H2,2H3,(H,32,40)/t21-,23+/m0/s1. The van der Waals surface area contributed by atoms with Gasteiger partial charge in [0.1, 0.15) is 30.0 Å². The number of benzene rings is 2. The molecular formula is C30H33N7O5. The van der Waals surface area contributed by atoms with Gasteiger partial charge in [-0.2, -0.15) is 15.2 Å². The number of carbonyl (C=O) groups is 2. The summed E-state index contributed by atoms with van der Waals surface area (Å²) in [6.45, 7) is 7.00. The first-order valence-corrected chi connectivity index (χ1v) is 13.7. The summed E-state index contributed by atoms with van der Waals surface area (Å²) < 4.78 is 11.8. The fourth-order valence-corrected chi connectivity index (χ4v) is 5.23. The number of morpholine rings is 1. The van der Waals surface area contributed by atoms with E-state index in [9.17, 15) is 20.0 Å². The van der Waals surface area contributed by atoms with E-state index >= 15 is 0 Å². The molecule has 3 aromatic rings. The normalized spacial score (nSPS) is 19.2. The first-order chi connectivity index (χ1) is 20.3. The SMILES string of the molecule is C=CC(=O)N1CCN(c2cc(C(=O)Nc3cc(O)cc4ccccc34)nc(OC[C@H]3CN(C)CCO3)n2)C[C@@H]1CC#N. The van der Waals surface area contributed by atoms with Crippen LogP contribution in [0.15, 0.2) is 55.1 Å². The van der Waals surface area contributed by atoms with Gasteiger partial charge in [-0.15, -0.1) is 0 Å². The molecule has 2 amide bonds. The summed E-state index contributed by atoms with van der Waals surface area (Å²) in [6, 6.07) is 13.9. The Balaban J connectivity index is 1.44. The number of fused-ring (bicyclic) bond motifs is 1. The van der Waals surface area contributed by atoms with E-state index in [-0.39, 0.29) is 48.5 Å². The minimum Gasteiger partial charge on any atom is -0.508 e. The summed E-state index contributed by atoms with van der Waals surface area (Å²) in [6.07, 6.45) is 1.20. The molecule has 2 aliphatic heterocycles. The molecule has 3 heterocycles. The van der Waals surface area contributed by atoms with Gasteiger partial charge in [-0.3, -0.25) is 9.59 Å². The van der Waals surface area contributed by atoms with Crippen molar-refractivity contribution in [2.24, 2.45) is 0 Å². The maximum absolute atomic E-state index is 13.6. The van der Waals surface area contributed by atoms with Gasteiger partial charge in [0.15, 0.2) is 0 Å². The molecule has 2 atom stereocenters. The van der Waals surface area contributed by atoms with E-state index in [4.69, 9.17) is 9.47 Å².